The Balaban J connectivity index is 1.26. The third-order valence-corrected chi connectivity index (χ3v) is 7.26. The minimum Gasteiger partial charge on any atom is -0.506 e. The van der Waals surface area contributed by atoms with Gasteiger partial charge in [-0.25, -0.2) is 4.98 Å². The summed E-state index contributed by atoms with van der Waals surface area (Å²) in [5, 5.41) is 12.8. The van der Waals surface area contributed by atoms with Gasteiger partial charge < -0.3 is 14.7 Å². The van der Waals surface area contributed by atoms with Crippen molar-refractivity contribution in [3.63, 3.8) is 0 Å². The fourth-order valence-electron chi connectivity index (χ4n) is 5.08. The molecular formula is C32H24N4O5. The second-order valence-electron chi connectivity index (χ2n) is 9.95. The Kier molecular flexibility index (Phi) is 6.44. The maximum absolute atomic E-state index is 13.1. The Bertz CT molecular complexity index is 1760. The Morgan fingerprint density at radius 1 is 1.00 bits per heavy atom. The zero-order chi connectivity index (χ0) is 28.6. The third-order valence-electron chi connectivity index (χ3n) is 7.26. The molecule has 0 saturated carbocycles. The van der Waals surface area contributed by atoms with Gasteiger partial charge in [-0.2, -0.15) is 0 Å². The fourth-order valence-corrected chi connectivity index (χ4v) is 5.08. The minimum absolute atomic E-state index is 0.0227. The molecule has 2 aliphatic heterocycles. The van der Waals surface area contributed by atoms with Crippen LogP contribution in [-0.4, -0.2) is 51.4 Å². The summed E-state index contributed by atoms with van der Waals surface area (Å²) >= 11 is 0. The summed E-state index contributed by atoms with van der Waals surface area (Å²) in [6, 6.07) is 19.4. The number of hydrogen-bond donors (Lipinski definition) is 2. The van der Waals surface area contributed by atoms with Crippen LogP contribution in [0.4, 0.5) is 0 Å². The zero-order valence-corrected chi connectivity index (χ0v) is 22.0. The van der Waals surface area contributed by atoms with E-state index in [4.69, 9.17) is 4.74 Å². The molecule has 2 aromatic heterocycles. The van der Waals surface area contributed by atoms with Crippen molar-refractivity contribution in [3.05, 3.63) is 95.8 Å². The van der Waals surface area contributed by atoms with E-state index in [2.05, 4.69) is 27.1 Å². The summed E-state index contributed by atoms with van der Waals surface area (Å²) in [6.07, 6.45) is 3.22. The van der Waals surface area contributed by atoms with E-state index in [1.54, 1.807) is 65.8 Å². The van der Waals surface area contributed by atoms with Crippen LogP contribution < -0.4 is 10.1 Å². The number of benzene rings is 2. The predicted octanol–water partition coefficient (Wildman–Crippen LogP) is 3.57. The summed E-state index contributed by atoms with van der Waals surface area (Å²) in [5.41, 5.74) is 3.23. The SMILES string of the molecule is COc1ccc2c(c1)C(=O)N(C[C@@]1(C#Cc3ccc(-c4nc(-c5ccncc5)ccc4O)cc3)CC(=O)NC1=O)C2. The molecular weight excluding hydrogens is 520 g/mol. The van der Waals surface area contributed by atoms with E-state index in [1.807, 2.05) is 18.2 Å². The van der Waals surface area contributed by atoms with E-state index in [0.717, 1.165) is 11.1 Å². The molecule has 4 aromatic rings. The number of pyridine rings is 2. The number of hydrogen-bond acceptors (Lipinski definition) is 7. The van der Waals surface area contributed by atoms with Gasteiger partial charge in [-0.15, -0.1) is 0 Å². The molecule has 2 aliphatic rings. The van der Waals surface area contributed by atoms with Gasteiger partial charge >= 0.3 is 0 Å². The molecule has 6 rings (SSSR count). The predicted molar refractivity (Wildman–Crippen MR) is 149 cm³/mol. The Labute approximate surface area is 235 Å². The molecule has 1 fully saturated rings. The van der Waals surface area contributed by atoms with Crippen LogP contribution in [0, 0.1) is 17.3 Å². The normalized spacial score (nSPS) is 17.6. The highest BCUT2D eigenvalue weighted by atomic mass is 16.5. The highest BCUT2D eigenvalue weighted by Crippen LogP contribution is 2.34. The molecule has 9 nitrogen and oxygen atoms in total. The number of carbonyl (C=O) groups is 3. The van der Waals surface area contributed by atoms with E-state index < -0.39 is 17.2 Å². The smallest absolute Gasteiger partial charge is 0.254 e. The molecule has 0 radical (unpaired) electrons. The van der Waals surface area contributed by atoms with Crippen LogP contribution in [0.2, 0.25) is 0 Å². The van der Waals surface area contributed by atoms with Crippen molar-refractivity contribution in [2.24, 2.45) is 5.41 Å². The molecule has 0 bridgehead atoms. The van der Waals surface area contributed by atoms with Gasteiger partial charge in [0.2, 0.25) is 11.8 Å². The van der Waals surface area contributed by atoms with E-state index in [-0.39, 0.29) is 24.6 Å². The molecule has 9 heteroatoms. The van der Waals surface area contributed by atoms with Crippen LogP contribution in [0.3, 0.4) is 0 Å². The van der Waals surface area contributed by atoms with Crippen molar-refractivity contribution < 1.29 is 24.2 Å². The monoisotopic (exact) mass is 544 g/mol. The molecule has 2 N–H and O–H groups in total. The van der Waals surface area contributed by atoms with Gasteiger partial charge in [0.05, 0.1) is 19.2 Å². The second kappa shape index (κ2) is 10.2. The van der Waals surface area contributed by atoms with Crippen molar-refractivity contribution in [1.29, 1.82) is 0 Å². The first-order valence-electron chi connectivity index (χ1n) is 12.9. The van der Waals surface area contributed by atoms with Crippen LogP contribution in [0.5, 0.6) is 11.5 Å². The molecule has 202 valence electrons. The Hall–Kier alpha value is -5.49. The number of rotatable bonds is 5. The average Bonchev–Trinajstić information content (AvgIpc) is 3.46. The van der Waals surface area contributed by atoms with Gasteiger partial charge in [-0.3, -0.25) is 24.7 Å². The van der Waals surface area contributed by atoms with Crippen LogP contribution >= 0.6 is 0 Å². The number of nitrogens with one attached hydrogen (secondary N) is 1. The lowest BCUT2D eigenvalue weighted by atomic mass is 9.85. The third kappa shape index (κ3) is 4.87. The molecule has 2 aromatic carbocycles. The Morgan fingerprint density at radius 3 is 2.49 bits per heavy atom. The number of methoxy groups -OCH3 is 1. The van der Waals surface area contributed by atoms with Gasteiger partial charge in [0.15, 0.2) is 0 Å². The average molecular weight is 545 g/mol. The number of fused-ring (bicyclic) bond motifs is 1. The van der Waals surface area contributed by atoms with Crippen LogP contribution in [0.15, 0.2) is 79.1 Å². The lowest BCUT2D eigenvalue weighted by Crippen LogP contribution is -2.42. The number of nitrogens with zero attached hydrogens (tertiary/aromatic N) is 3. The zero-order valence-electron chi connectivity index (χ0n) is 22.0. The van der Waals surface area contributed by atoms with E-state index in [9.17, 15) is 19.5 Å². The van der Waals surface area contributed by atoms with Gasteiger partial charge in [0.1, 0.15) is 22.6 Å². The maximum Gasteiger partial charge on any atom is 0.254 e. The molecule has 4 heterocycles. The van der Waals surface area contributed by atoms with Crippen molar-refractivity contribution in [2.45, 2.75) is 13.0 Å². The standard InChI is InChI=1S/C32H24N4O5/c1-41-24-7-6-23-18-36(30(39)25(23)16-24)19-32(17-28(38)35-31(32)40)13-10-20-2-4-22(5-3-20)29-27(37)9-8-26(34-29)21-11-14-33-15-12-21/h2-9,11-12,14-16,37H,17-19H2,1H3,(H,35,38,40)/t32-/m1/s1. The largest absolute Gasteiger partial charge is 0.506 e. The molecule has 1 atom stereocenters. The molecule has 41 heavy (non-hydrogen) atoms. The van der Waals surface area contributed by atoms with Gasteiger partial charge in [-0.05, 0) is 54.1 Å². The number of ether oxygens (including phenoxy) is 1. The van der Waals surface area contributed by atoms with E-state index in [1.165, 1.54) is 7.11 Å². The molecule has 0 aliphatic carbocycles. The summed E-state index contributed by atoms with van der Waals surface area (Å²) in [5.74, 6) is 5.46. The number of imide groups is 1. The first-order valence-corrected chi connectivity index (χ1v) is 12.9. The van der Waals surface area contributed by atoms with Crippen molar-refractivity contribution >= 4 is 17.7 Å². The number of aromatic nitrogens is 2. The molecule has 0 spiro atoms. The van der Waals surface area contributed by atoms with Gasteiger partial charge in [0, 0.05) is 47.7 Å². The minimum atomic E-state index is -1.38. The lowest BCUT2D eigenvalue weighted by Gasteiger charge is -2.25. The number of carbonyl (C=O) groups excluding carboxylic acids is 3. The first kappa shape index (κ1) is 25.8. The van der Waals surface area contributed by atoms with E-state index >= 15 is 0 Å². The highest BCUT2D eigenvalue weighted by molar-refractivity contribution is 6.08. The number of aromatic hydroxyl groups is 1. The lowest BCUT2D eigenvalue weighted by molar-refractivity contribution is -0.127. The molecule has 1 saturated heterocycles. The highest BCUT2D eigenvalue weighted by Gasteiger charge is 2.48. The number of amides is 3. The van der Waals surface area contributed by atoms with Crippen LogP contribution in [0.1, 0.15) is 27.9 Å². The van der Waals surface area contributed by atoms with Gasteiger partial charge in [-0.1, -0.05) is 30.0 Å². The van der Waals surface area contributed by atoms with Crippen molar-refractivity contribution in [3.8, 4) is 45.9 Å². The topological polar surface area (TPSA) is 122 Å². The summed E-state index contributed by atoms with van der Waals surface area (Å²) < 4.78 is 5.24. The maximum atomic E-state index is 13.1. The fraction of sp³-hybridized carbons (Fsp3) is 0.156. The summed E-state index contributed by atoms with van der Waals surface area (Å²) in [6.45, 7) is 0.290. The van der Waals surface area contributed by atoms with Gasteiger partial charge in [0.25, 0.3) is 5.91 Å². The van der Waals surface area contributed by atoms with Crippen LogP contribution in [-0.2, 0) is 16.1 Å². The van der Waals surface area contributed by atoms with Crippen LogP contribution in [0.25, 0.3) is 22.5 Å². The summed E-state index contributed by atoms with van der Waals surface area (Å²) in [4.78, 5) is 48.6. The molecule has 3 amide bonds. The van der Waals surface area contributed by atoms with Crippen molar-refractivity contribution in [2.75, 3.05) is 13.7 Å². The second-order valence-corrected chi connectivity index (χ2v) is 9.95. The van der Waals surface area contributed by atoms with Crippen molar-refractivity contribution in [1.82, 2.24) is 20.2 Å². The molecule has 0 unspecified atom stereocenters. The summed E-state index contributed by atoms with van der Waals surface area (Å²) in [7, 11) is 1.53. The first-order chi connectivity index (χ1) is 19.8. The van der Waals surface area contributed by atoms with E-state index in [0.29, 0.717) is 40.4 Å². The quantitative estimate of drug-likeness (QED) is 0.291. The Morgan fingerprint density at radius 2 is 1.78 bits per heavy atom.